The summed E-state index contributed by atoms with van der Waals surface area (Å²) >= 11 is 0. The summed E-state index contributed by atoms with van der Waals surface area (Å²) < 4.78 is 6.77. The van der Waals surface area contributed by atoms with Crippen LogP contribution in [-0.4, -0.2) is 57.6 Å². The van der Waals surface area contributed by atoms with Crippen molar-refractivity contribution in [3.8, 4) is 0 Å². The number of fused-ring (bicyclic) bond motifs is 1. The lowest BCUT2D eigenvalue weighted by Crippen LogP contribution is -2.57. The quantitative estimate of drug-likeness (QED) is 0.511. The maximum atomic E-state index is 14.3. The molecule has 2 bridgehead atoms. The monoisotopic (exact) mass is 505 g/mol. The molecule has 0 radical (unpaired) electrons. The van der Waals surface area contributed by atoms with Crippen molar-refractivity contribution in [2.24, 2.45) is 11.8 Å². The predicted molar refractivity (Wildman–Crippen MR) is 138 cm³/mol. The van der Waals surface area contributed by atoms with Gasteiger partial charge in [0.05, 0.1) is 30.1 Å². The lowest BCUT2D eigenvalue weighted by molar-refractivity contribution is -0.150. The molecule has 0 saturated carbocycles. The van der Waals surface area contributed by atoms with Gasteiger partial charge in [-0.15, -0.1) is 0 Å². The van der Waals surface area contributed by atoms with Crippen LogP contribution in [0.5, 0.6) is 0 Å². The Balaban J connectivity index is 1.60. The molecule has 0 aromatic heterocycles. The second kappa shape index (κ2) is 9.58. The van der Waals surface area contributed by atoms with Crippen LogP contribution < -0.4 is 10.6 Å². The van der Waals surface area contributed by atoms with Crippen molar-refractivity contribution in [1.29, 1.82) is 0 Å². The van der Waals surface area contributed by atoms with Crippen LogP contribution in [0.3, 0.4) is 0 Å². The van der Waals surface area contributed by atoms with Crippen LogP contribution in [0.1, 0.15) is 51.6 Å². The van der Waals surface area contributed by atoms with E-state index >= 15 is 0 Å². The summed E-state index contributed by atoms with van der Waals surface area (Å²) in [6.45, 7) is 5.34. The Morgan fingerprint density at radius 3 is 2.30 bits per heavy atom. The second-order valence-corrected chi connectivity index (χ2v) is 10.7. The van der Waals surface area contributed by atoms with Gasteiger partial charge in [0.2, 0.25) is 17.7 Å². The Bertz CT molecular complexity index is 1170. The number of carbonyl (C=O) groups excluding carboxylic acids is 3. The molecule has 2 aromatic rings. The summed E-state index contributed by atoms with van der Waals surface area (Å²) in [4.78, 5) is 43.4. The number of hydrogen-bond acceptors (Lipinski definition) is 5. The number of likely N-dealkylation sites (tertiary alicyclic amines) is 1. The first-order chi connectivity index (χ1) is 17.8. The average Bonchev–Trinajstić information content (AvgIpc) is 3.49. The highest BCUT2D eigenvalue weighted by atomic mass is 16.5. The molecule has 3 N–H and O–H groups in total. The number of anilines is 1. The Morgan fingerprint density at radius 2 is 1.70 bits per heavy atom. The first-order valence-electron chi connectivity index (χ1n) is 13.1. The fourth-order valence-corrected chi connectivity index (χ4v) is 6.82. The normalized spacial score (nSPS) is 30.9. The van der Waals surface area contributed by atoms with Crippen LogP contribution in [0, 0.1) is 11.8 Å². The number of nitrogens with one attached hydrogen (secondary N) is 2. The molecule has 3 aliphatic heterocycles. The predicted octanol–water partition coefficient (Wildman–Crippen LogP) is 3.04. The minimum absolute atomic E-state index is 0.153. The number of para-hydroxylation sites is 1. The van der Waals surface area contributed by atoms with Gasteiger partial charge in [-0.1, -0.05) is 55.5 Å². The molecule has 0 aliphatic carbocycles. The van der Waals surface area contributed by atoms with E-state index in [1.54, 1.807) is 12.1 Å². The molecule has 5 rings (SSSR count). The topological polar surface area (TPSA) is 108 Å². The summed E-state index contributed by atoms with van der Waals surface area (Å²) in [5.41, 5.74) is -0.609. The molecule has 37 heavy (non-hydrogen) atoms. The van der Waals surface area contributed by atoms with Crippen LogP contribution in [0.15, 0.2) is 60.7 Å². The fraction of sp³-hybridized carbons (Fsp3) is 0.483. The lowest BCUT2D eigenvalue weighted by atomic mass is 9.65. The van der Waals surface area contributed by atoms with Gasteiger partial charge in [0.1, 0.15) is 11.6 Å². The van der Waals surface area contributed by atoms with E-state index in [1.807, 2.05) is 69.3 Å². The van der Waals surface area contributed by atoms with Gasteiger partial charge in [-0.05, 0) is 50.8 Å². The largest absolute Gasteiger partial charge is 0.394 e. The summed E-state index contributed by atoms with van der Waals surface area (Å²) in [6, 6.07) is 16.5. The number of amides is 3. The third-order valence-corrected chi connectivity index (χ3v) is 8.31. The zero-order valence-corrected chi connectivity index (χ0v) is 21.5. The second-order valence-electron chi connectivity index (χ2n) is 10.7. The molecule has 2 unspecified atom stereocenters. The van der Waals surface area contributed by atoms with E-state index in [-0.39, 0.29) is 30.4 Å². The van der Waals surface area contributed by atoms with Gasteiger partial charge in [0.25, 0.3) is 0 Å². The summed E-state index contributed by atoms with van der Waals surface area (Å²) in [7, 11) is 0. The molecule has 1 spiro atoms. The zero-order chi connectivity index (χ0) is 26.4. The van der Waals surface area contributed by atoms with E-state index in [0.717, 1.165) is 5.56 Å². The van der Waals surface area contributed by atoms with Crippen LogP contribution in [0.2, 0.25) is 0 Å². The zero-order valence-electron chi connectivity index (χ0n) is 21.5. The van der Waals surface area contributed by atoms with Crippen molar-refractivity contribution in [1.82, 2.24) is 10.2 Å². The molecule has 3 fully saturated rings. The summed E-state index contributed by atoms with van der Waals surface area (Å²) in [5.74, 6) is -2.51. The Labute approximate surface area is 217 Å². The van der Waals surface area contributed by atoms with Gasteiger partial charge in [-0.2, -0.15) is 0 Å². The average molecular weight is 506 g/mol. The third kappa shape index (κ3) is 3.94. The molecule has 8 heteroatoms. The molecule has 3 amide bonds. The molecule has 3 heterocycles. The smallest absolute Gasteiger partial charge is 0.246 e. The van der Waals surface area contributed by atoms with Crippen LogP contribution in [-0.2, 0) is 19.1 Å². The Morgan fingerprint density at radius 1 is 1.05 bits per heavy atom. The van der Waals surface area contributed by atoms with Crippen molar-refractivity contribution < 1.29 is 24.2 Å². The maximum absolute atomic E-state index is 14.3. The first kappa shape index (κ1) is 25.4. The molecular formula is C29H35N3O5. The van der Waals surface area contributed by atoms with Gasteiger partial charge in [0.15, 0.2) is 0 Å². The SMILES string of the molecule is CC[C@]12CCC3(O1)C(C(=O)NC(C)C)N([C@H](CO)c1ccccc1)C(=O)[C@@H]3[C@H]2C(=O)Nc1ccccc1. The van der Waals surface area contributed by atoms with Crippen molar-refractivity contribution >= 4 is 23.4 Å². The number of carbonyl (C=O) groups is 3. The minimum Gasteiger partial charge on any atom is -0.394 e. The van der Waals surface area contributed by atoms with Crippen LogP contribution in [0.25, 0.3) is 0 Å². The van der Waals surface area contributed by atoms with Crippen molar-refractivity contribution in [2.75, 3.05) is 11.9 Å². The Hall–Kier alpha value is -3.23. The van der Waals surface area contributed by atoms with E-state index < -0.39 is 35.1 Å². The van der Waals surface area contributed by atoms with E-state index in [4.69, 9.17) is 4.74 Å². The molecule has 2 aromatic carbocycles. The van der Waals surface area contributed by atoms with E-state index in [9.17, 15) is 19.5 Å². The molecular weight excluding hydrogens is 470 g/mol. The minimum atomic E-state index is -1.15. The number of benzene rings is 2. The van der Waals surface area contributed by atoms with E-state index in [1.165, 1.54) is 4.90 Å². The summed E-state index contributed by atoms with van der Waals surface area (Å²) in [6.07, 6.45) is 1.62. The number of rotatable bonds is 8. The highest BCUT2D eigenvalue weighted by Gasteiger charge is 2.79. The maximum Gasteiger partial charge on any atom is 0.246 e. The number of hydrogen-bond donors (Lipinski definition) is 3. The van der Waals surface area contributed by atoms with Gasteiger partial charge in [0, 0.05) is 11.7 Å². The molecule has 3 aliphatic rings. The van der Waals surface area contributed by atoms with Crippen LogP contribution >= 0.6 is 0 Å². The molecule has 3 saturated heterocycles. The van der Waals surface area contributed by atoms with Crippen molar-refractivity contribution in [2.45, 2.75) is 69.4 Å². The van der Waals surface area contributed by atoms with Crippen LogP contribution in [0.4, 0.5) is 5.69 Å². The molecule has 196 valence electrons. The molecule has 6 atom stereocenters. The fourth-order valence-electron chi connectivity index (χ4n) is 6.82. The van der Waals surface area contributed by atoms with Gasteiger partial charge >= 0.3 is 0 Å². The highest BCUT2D eigenvalue weighted by molar-refractivity contribution is 6.02. The van der Waals surface area contributed by atoms with Gasteiger partial charge in [-0.3, -0.25) is 14.4 Å². The number of aliphatic hydroxyl groups excluding tert-OH is 1. The van der Waals surface area contributed by atoms with Gasteiger partial charge in [-0.25, -0.2) is 0 Å². The number of nitrogens with zero attached hydrogens (tertiary/aromatic N) is 1. The standard InChI is InChI=1S/C29H35N3O5/c1-4-28-15-16-29(37-28)23(22(28)25(34)31-20-13-9-6-10-14-20)27(36)32(24(29)26(35)30-18(2)3)21(17-33)19-11-7-5-8-12-19/h5-14,18,21-24,33H,4,15-17H2,1-3H3,(H,30,35)(H,31,34)/t21-,22+,23+,24?,28-,29?/m1/s1. The van der Waals surface area contributed by atoms with Gasteiger partial charge < -0.3 is 25.4 Å². The van der Waals surface area contributed by atoms with Crippen molar-refractivity contribution in [3.63, 3.8) is 0 Å². The number of aliphatic hydroxyl groups is 1. The Kier molecular flexibility index (Phi) is 6.58. The molecule has 8 nitrogen and oxygen atoms in total. The third-order valence-electron chi connectivity index (χ3n) is 8.31. The van der Waals surface area contributed by atoms with E-state index in [2.05, 4.69) is 10.6 Å². The lowest BCUT2D eigenvalue weighted by Gasteiger charge is -2.37. The summed E-state index contributed by atoms with van der Waals surface area (Å²) in [5, 5.41) is 16.4. The number of ether oxygens (including phenoxy) is 1. The highest BCUT2D eigenvalue weighted by Crippen LogP contribution is 2.65. The van der Waals surface area contributed by atoms with E-state index in [0.29, 0.717) is 24.9 Å². The van der Waals surface area contributed by atoms with Crippen molar-refractivity contribution in [3.05, 3.63) is 66.2 Å². The first-order valence-corrected chi connectivity index (χ1v) is 13.1.